The van der Waals surface area contributed by atoms with Crippen LogP contribution in [0.15, 0.2) is 46.2 Å². The van der Waals surface area contributed by atoms with E-state index in [1.807, 2.05) is 18.2 Å². The minimum absolute atomic E-state index is 0.0965. The predicted molar refractivity (Wildman–Crippen MR) is 93.7 cm³/mol. The lowest BCUT2D eigenvalue weighted by Crippen LogP contribution is -2.30. The zero-order valence-electron chi connectivity index (χ0n) is 13.5. The highest BCUT2D eigenvalue weighted by atomic mass is 32.2. The van der Waals surface area contributed by atoms with Crippen LogP contribution in [0.5, 0.6) is 0 Å². The normalized spacial score (nSPS) is 19.1. The molecule has 0 bridgehead atoms. The van der Waals surface area contributed by atoms with E-state index in [-0.39, 0.29) is 11.5 Å². The van der Waals surface area contributed by atoms with E-state index in [2.05, 4.69) is 12.1 Å². The number of pyridine rings is 1. The first-order chi connectivity index (χ1) is 11.7. The second-order valence-electron chi connectivity index (χ2n) is 6.38. The Balaban J connectivity index is 1.81. The summed E-state index contributed by atoms with van der Waals surface area (Å²) in [6.45, 7) is 0. The Hall–Kier alpha value is -2.01. The first-order valence-electron chi connectivity index (χ1n) is 8.22. The van der Waals surface area contributed by atoms with Crippen molar-refractivity contribution in [2.45, 2.75) is 36.2 Å². The molecule has 1 aromatic heterocycles. The van der Waals surface area contributed by atoms with Gasteiger partial charge in [-0.3, -0.25) is 9.36 Å². The summed E-state index contributed by atoms with van der Waals surface area (Å²) in [5.74, 6) is 0.770. The number of aromatic nitrogens is 1. The SMILES string of the molecule is COC(=O)[C@@H]1CSc2c(C3CC3)c(Cc3ccccc3)cc(=O)n21. The fourth-order valence-corrected chi connectivity index (χ4v) is 4.83. The van der Waals surface area contributed by atoms with E-state index >= 15 is 0 Å². The number of nitrogens with zero attached hydrogens (tertiary/aromatic N) is 1. The lowest BCUT2D eigenvalue weighted by molar-refractivity contribution is -0.143. The summed E-state index contributed by atoms with van der Waals surface area (Å²) in [6, 6.07) is 11.5. The molecule has 0 unspecified atom stereocenters. The van der Waals surface area contributed by atoms with Gasteiger partial charge in [-0.05, 0) is 41.9 Å². The van der Waals surface area contributed by atoms with Crippen molar-refractivity contribution in [1.82, 2.24) is 4.57 Å². The van der Waals surface area contributed by atoms with Crippen molar-refractivity contribution in [3.05, 3.63) is 63.4 Å². The van der Waals surface area contributed by atoms with Gasteiger partial charge in [0, 0.05) is 11.8 Å². The van der Waals surface area contributed by atoms with Crippen molar-refractivity contribution in [3.8, 4) is 0 Å². The lowest BCUT2D eigenvalue weighted by Gasteiger charge is -2.17. The maximum absolute atomic E-state index is 12.7. The van der Waals surface area contributed by atoms with Crippen LogP contribution >= 0.6 is 11.8 Å². The average molecular weight is 341 g/mol. The summed E-state index contributed by atoms with van der Waals surface area (Å²) < 4.78 is 6.53. The summed E-state index contributed by atoms with van der Waals surface area (Å²) in [4.78, 5) is 24.7. The van der Waals surface area contributed by atoms with Gasteiger partial charge in [0.05, 0.1) is 12.1 Å². The summed E-state index contributed by atoms with van der Waals surface area (Å²) in [6.07, 6.45) is 3.09. The Labute approximate surface area is 144 Å². The van der Waals surface area contributed by atoms with Gasteiger partial charge < -0.3 is 4.74 Å². The molecule has 1 saturated carbocycles. The predicted octanol–water partition coefficient (Wildman–Crippen LogP) is 3.14. The van der Waals surface area contributed by atoms with E-state index < -0.39 is 6.04 Å². The van der Waals surface area contributed by atoms with Crippen LogP contribution in [0.4, 0.5) is 0 Å². The number of hydrogen-bond donors (Lipinski definition) is 0. The van der Waals surface area contributed by atoms with Crippen LogP contribution in [-0.2, 0) is 16.0 Å². The molecule has 1 aliphatic carbocycles. The number of ether oxygens (including phenoxy) is 1. The molecule has 0 radical (unpaired) electrons. The number of carbonyl (C=O) groups is 1. The Morgan fingerprint density at radius 2 is 2.04 bits per heavy atom. The molecule has 0 saturated heterocycles. The van der Waals surface area contributed by atoms with Crippen LogP contribution in [0, 0.1) is 0 Å². The molecular weight excluding hydrogens is 322 g/mol. The Morgan fingerprint density at radius 1 is 1.29 bits per heavy atom. The van der Waals surface area contributed by atoms with Crippen LogP contribution < -0.4 is 5.56 Å². The van der Waals surface area contributed by atoms with Crippen molar-refractivity contribution >= 4 is 17.7 Å². The Bertz CT molecular complexity index is 840. The van der Waals surface area contributed by atoms with Gasteiger partial charge in [0.1, 0.15) is 6.04 Å². The highest BCUT2D eigenvalue weighted by Crippen LogP contribution is 2.48. The van der Waals surface area contributed by atoms with E-state index in [9.17, 15) is 9.59 Å². The molecule has 5 heteroatoms. The van der Waals surface area contributed by atoms with Gasteiger partial charge in [0.2, 0.25) is 0 Å². The third kappa shape index (κ3) is 2.67. The number of esters is 1. The fraction of sp³-hybridized carbons (Fsp3) is 0.368. The number of thioether (sulfide) groups is 1. The Morgan fingerprint density at radius 3 is 2.71 bits per heavy atom. The highest BCUT2D eigenvalue weighted by molar-refractivity contribution is 7.99. The van der Waals surface area contributed by atoms with Gasteiger partial charge in [-0.25, -0.2) is 4.79 Å². The number of benzene rings is 1. The van der Waals surface area contributed by atoms with E-state index in [0.717, 1.165) is 29.9 Å². The third-order valence-electron chi connectivity index (χ3n) is 4.72. The van der Waals surface area contributed by atoms with Crippen molar-refractivity contribution in [1.29, 1.82) is 0 Å². The van der Waals surface area contributed by atoms with Gasteiger partial charge in [0.25, 0.3) is 5.56 Å². The summed E-state index contributed by atoms with van der Waals surface area (Å²) in [7, 11) is 1.38. The smallest absolute Gasteiger partial charge is 0.329 e. The van der Waals surface area contributed by atoms with Crippen LogP contribution in [0.25, 0.3) is 0 Å². The van der Waals surface area contributed by atoms with E-state index in [0.29, 0.717) is 11.7 Å². The highest BCUT2D eigenvalue weighted by Gasteiger charge is 2.37. The molecule has 124 valence electrons. The van der Waals surface area contributed by atoms with Crippen molar-refractivity contribution in [2.75, 3.05) is 12.9 Å². The number of fused-ring (bicyclic) bond motifs is 1. The number of hydrogen-bond acceptors (Lipinski definition) is 4. The van der Waals surface area contributed by atoms with E-state index in [1.54, 1.807) is 22.4 Å². The van der Waals surface area contributed by atoms with Gasteiger partial charge in [0.15, 0.2) is 0 Å². The van der Waals surface area contributed by atoms with Crippen LogP contribution in [-0.4, -0.2) is 23.4 Å². The van der Waals surface area contributed by atoms with Crippen LogP contribution in [0.3, 0.4) is 0 Å². The molecule has 4 nitrogen and oxygen atoms in total. The quantitative estimate of drug-likeness (QED) is 0.802. The zero-order valence-corrected chi connectivity index (χ0v) is 14.3. The number of methoxy groups -OCH3 is 1. The second-order valence-corrected chi connectivity index (χ2v) is 7.39. The van der Waals surface area contributed by atoms with Crippen molar-refractivity contribution < 1.29 is 9.53 Å². The maximum atomic E-state index is 12.7. The van der Waals surface area contributed by atoms with Gasteiger partial charge >= 0.3 is 5.97 Å². The molecule has 2 aromatic rings. The van der Waals surface area contributed by atoms with Crippen molar-refractivity contribution in [3.63, 3.8) is 0 Å². The first kappa shape index (κ1) is 15.5. The van der Waals surface area contributed by atoms with E-state index in [1.165, 1.54) is 18.2 Å². The molecule has 4 rings (SSSR count). The molecule has 1 aromatic carbocycles. The first-order valence-corrected chi connectivity index (χ1v) is 9.20. The molecule has 1 fully saturated rings. The molecule has 0 amide bonds. The van der Waals surface area contributed by atoms with Gasteiger partial charge in [-0.1, -0.05) is 30.3 Å². The molecule has 24 heavy (non-hydrogen) atoms. The third-order valence-corrected chi connectivity index (χ3v) is 5.89. The second kappa shape index (κ2) is 6.13. The van der Waals surface area contributed by atoms with Crippen molar-refractivity contribution in [2.24, 2.45) is 0 Å². The molecule has 2 aliphatic rings. The largest absolute Gasteiger partial charge is 0.467 e. The minimum Gasteiger partial charge on any atom is -0.467 e. The fourth-order valence-electron chi connectivity index (χ4n) is 3.42. The average Bonchev–Trinajstić information content (AvgIpc) is 3.32. The minimum atomic E-state index is -0.495. The van der Waals surface area contributed by atoms with Crippen LogP contribution in [0.2, 0.25) is 0 Å². The topological polar surface area (TPSA) is 48.3 Å². The maximum Gasteiger partial charge on any atom is 0.329 e. The molecule has 1 atom stereocenters. The summed E-state index contributed by atoms with van der Waals surface area (Å²) >= 11 is 1.62. The molecule has 0 spiro atoms. The molecule has 1 aliphatic heterocycles. The number of rotatable bonds is 4. The van der Waals surface area contributed by atoms with Gasteiger partial charge in [-0.15, -0.1) is 11.8 Å². The molecular formula is C19H19NO3S. The standard InChI is InChI=1S/C19H19NO3S/c1-23-19(22)15-11-24-18-17(13-7-8-13)14(10-16(21)20(15)18)9-12-5-3-2-4-6-12/h2-6,10,13,15H,7-9,11H2,1H3/t15-/m0/s1. The summed E-state index contributed by atoms with van der Waals surface area (Å²) in [5.41, 5.74) is 3.49. The molecule has 0 N–H and O–H groups in total. The summed E-state index contributed by atoms with van der Waals surface area (Å²) in [5, 5.41) is 0.978. The Kier molecular flexibility index (Phi) is 3.96. The monoisotopic (exact) mass is 341 g/mol. The zero-order chi connectivity index (χ0) is 16.7. The van der Waals surface area contributed by atoms with Crippen LogP contribution in [0.1, 0.15) is 41.5 Å². The number of carbonyl (C=O) groups excluding carboxylic acids is 1. The lowest BCUT2D eigenvalue weighted by atomic mass is 9.98. The van der Waals surface area contributed by atoms with Gasteiger partial charge in [-0.2, -0.15) is 0 Å². The molecule has 2 heterocycles. The van der Waals surface area contributed by atoms with E-state index in [4.69, 9.17) is 4.74 Å².